The highest BCUT2D eigenvalue weighted by Gasteiger charge is 2.39. The van der Waals surface area contributed by atoms with Crippen LogP contribution in [0.15, 0.2) is 5.38 Å². The number of fused-ring (bicyclic) bond motifs is 1. The molecule has 1 saturated heterocycles. The molecule has 1 N–H and O–H groups in total. The van der Waals surface area contributed by atoms with Crippen LogP contribution in [-0.4, -0.2) is 66.7 Å². The number of rotatable bonds is 6. The van der Waals surface area contributed by atoms with Crippen LogP contribution in [0, 0.1) is 6.92 Å². The molecule has 1 fully saturated rings. The molecule has 1 aliphatic heterocycles. The topological polar surface area (TPSA) is 90.0 Å². The van der Waals surface area contributed by atoms with Crippen LogP contribution in [0.3, 0.4) is 0 Å². The highest BCUT2D eigenvalue weighted by atomic mass is 32.1. The van der Waals surface area contributed by atoms with Crippen molar-refractivity contribution in [3.63, 3.8) is 0 Å². The van der Waals surface area contributed by atoms with E-state index in [2.05, 4.69) is 15.0 Å². The van der Waals surface area contributed by atoms with E-state index in [0.717, 1.165) is 11.3 Å². The minimum Gasteiger partial charge on any atom is -0.474 e. The third-order valence-corrected chi connectivity index (χ3v) is 6.77. The van der Waals surface area contributed by atoms with Crippen LogP contribution in [0.4, 0.5) is 31.1 Å². The predicted molar refractivity (Wildman–Crippen MR) is 121 cm³/mol. The molecule has 37 heavy (non-hydrogen) atoms. The van der Waals surface area contributed by atoms with Gasteiger partial charge in [0.05, 0.1) is 28.0 Å². The Kier molecular flexibility index (Phi) is 8.47. The Hall–Kier alpha value is -2.81. The van der Waals surface area contributed by atoms with E-state index in [1.165, 1.54) is 31.2 Å². The van der Waals surface area contributed by atoms with Crippen LogP contribution in [0.5, 0.6) is 5.88 Å². The molecule has 0 radical (unpaired) electrons. The number of amides is 2. The number of pyridine rings is 1. The van der Waals surface area contributed by atoms with Crippen molar-refractivity contribution in [3.05, 3.63) is 22.1 Å². The maximum absolute atomic E-state index is 13.9. The van der Waals surface area contributed by atoms with Gasteiger partial charge in [-0.1, -0.05) is 0 Å². The molecule has 1 aliphatic rings. The fourth-order valence-electron chi connectivity index (χ4n) is 4.01. The molecule has 2 aromatic rings. The van der Waals surface area contributed by atoms with Gasteiger partial charge in [-0.15, -0.1) is 24.5 Å². The summed E-state index contributed by atoms with van der Waals surface area (Å²) in [5.41, 5.74) is -1.29. The fourth-order valence-corrected chi connectivity index (χ4v) is 5.11. The fraction of sp³-hybridized carbons (Fsp3) is 0.591. The van der Waals surface area contributed by atoms with E-state index in [9.17, 15) is 35.9 Å². The minimum absolute atomic E-state index is 0.00703. The summed E-state index contributed by atoms with van der Waals surface area (Å²) in [5.74, 6) is -0.855. The Balaban J connectivity index is 1.76. The number of nitrogens with zero attached hydrogens (tertiary/aromatic N) is 2. The molecule has 206 valence electrons. The molecular weight excluding hydrogens is 532 g/mol. The number of halogens is 6. The van der Waals surface area contributed by atoms with Crippen LogP contribution in [0.1, 0.15) is 48.2 Å². The number of aromatic nitrogens is 1. The maximum atomic E-state index is 13.9. The van der Waals surface area contributed by atoms with Gasteiger partial charge in [-0.25, -0.2) is 9.78 Å². The van der Waals surface area contributed by atoms with E-state index in [1.807, 2.05) is 0 Å². The highest BCUT2D eigenvalue weighted by molar-refractivity contribution is 7.17. The third-order valence-electron chi connectivity index (χ3n) is 5.78. The second kappa shape index (κ2) is 10.9. The van der Waals surface area contributed by atoms with E-state index in [0.29, 0.717) is 0 Å². The van der Waals surface area contributed by atoms with Crippen molar-refractivity contribution in [1.82, 2.24) is 15.2 Å². The van der Waals surface area contributed by atoms with E-state index in [4.69, 9.17) is 9.47 Å². The Bertz CT molecular complexity index is 1150. The lowest BCUT2D eigenvalue weighted by Crippen LogP contribution is -2.48. The zero-order valence-electron chi connectivity index (χ0n) is 20.2. The first-order valence-corrected chi connectivity index (χ1v) is 12.1. The van der Waals surface area contributed by atoms with Crippen molar-refractivity contribution >= 4 is 33.6 Å². The standard InChI is InChI=1S/C22H25F6N3O5S/c1-10-7-13(5-6-31(10)20(33)35-11(2)8-34-22(26,27)28)36-19-12(3)15(21(23,24)25)17-16(30-19)14(9-37-17)18(32)29-4/h9-11,13H,5-8H2,1-4H3,(H,29,32)/t10-,11+,13-/m1/s1. The van der Waals surface area contributed by atoms with Crippen LogP contribution < -0.4 is 10.1 Å². The summed E-state index contributed by atoms with van der Waals surface area (Å²) in [7, 11) is 1.35. The molecule has 0 bridgehead atoms. The number of carbonyl (C=O) groups excluding carboxylic acids is 2. The smallest absolute Gasteiger partial charge is 0.474 e. The van der Waals surface area contributed by atoms with Crippen molar-refractivity contribution in [3.8, 4) is 5.88 Å². The van der Waals surface area contributed by atoms with Gasteiger partial charge in [-0.05, 0) is 20.8 Å². The molecule has 3 rings (SSSR count). The van der Waals surface area contributed by atoms with Crippen molar-refractivity contribution in [2.24, 2.45) is 0 Å². The normalized spacial score (nSPS) is 19.6. The molecular formula is C22H25F6N3O5S. The molecule has 8 nitrogen and oxygen atoms in total. The van der Waals surface area contributed by atoms with E-state index < -0.39 is 55.0 Å². The maximum Gasteiger partial charge on any atom is 0.522 e. The molecule has 15 heteroatoms. The van der Waals surface area contributed by atoms with Gasteiger partial charge in [0.25, 0.3) is 5.91 Å². The lowest BCUT2D eigenvalue weighted by Gasteiger charge is -2.37. The van der Waals surface area contributed by atoms with Crippen molar-refractivity contribution in [2.75, 3.05) is 20.2 Å². The summed E-state index contributed by atoms with van der Waals surface area (Å²) in [6, 6.07) is -0.490. The molecule has 0 aliphatic carbocycles. The summed E-state index contributed by atoms with van der Waals surface area (Å²) in [5, 5.41) is 3.68. The first-order valence-electron chi connectivity index (χ1n) is 11.2. The number of ether oxygens (including phenoxy) is 3. The Labute approximate surface area is 211 Å². The number of piperidine rings is 1. The lowest BCUT2D eigenvalue weighted by atomic mass is 10.0. The largest absolute Gasteiger partial charge is 0.522 e. The van der Waals surface area contributed by atoms with Gasteiger partial charge in [-0.2, -0.15) is 13.2 Å². The zero-order chi connectivity index (χ0) is 27.7. The predicted octanol–water partition coefficient (Wildman–Crippen LogP) is 5.28. The average Bonchev–Trinajstić information content (AvgIpc) is 3.19. The van der Waals surface area contributed by atoms with Crippen LogP contribution >= 0.6 is 11.3 Å². The summed E-state index contributed by atoms with van der Waals surface area (Å²) in [6.45, 7) is 3.38. The van der Waals surface area contributed by atoms with Gasteiger partial charge in [0.15, 0.2) is 0 Å². The van der Waals surface area contributed by atoms with Crippen molar-refractivity contribution < 1.29 is 50.1 Å². The monoisotopic (exact) mass is 557 g/mol. The van der Waals surface area contributed by atoms with Gasteiger partial charge in [0.2, 0.25) is 5.88 Å². The number of carbonyl (C=O) groups is 2. The van der Waals surface area contributed by atoms with Crippen molar-refractivity contribution in [2.45, 2.75) is 64.4 Å². The Morgan fingerprint density at radius 2 is 1.95 bits per heavy atom. The van der Waals surface area contributed by atoms with E-state index in [-0.39, 0.29) is 46.6 Å². The van der Waals surface area contributed by atoms with Gasteiger partial charge in [0, 0.05) is 43.4 Å². The van der Waals surface area contributed by atoms with Crippen LogP contribution in [0.2, 0.25) is 0 Å². The van der Waals surface area contributed by atoms with E-state index >= 15 is 0 Å². The number of thiophene rings is 1. The summed E-state index contributed by atoms with van der Waals surface area (Å²) in [4.78, 5) is 30.1. The zero-order valence-corrected chi connectivity index (χ0v) is 21.1. The van der Waals surface area contributed by atoms with Gasteiger partial charge >= 0.3 is 18.6 Å². The Morgan fingerprint density at radius 1 is 1.27 bits per heavy atom. The SMILES string of the molecule is CNC(=O)c1csc2c(C(F)(F)F)c(C)c(O[C@@H]3CCN(C(=O)O[C@@H](C)COC(F)(F)F)[C@H](C)C3)nc12. The highest BCUT2D eigenvalue weighted by Crippen LogP contribution is 2.43. The molecule has 0 unspecified atom stereocenters. The second-order valence-corrected chi connectivity index (χ2v) is 9.46. The van der Waals surface area contributed by atoms with Crippen LogP contribution in [-0.2, 0) is 15.7 Å². The summed E-state index contributed by atoms with van der Waals surface area (Å²) < 4.78 is 92.8. The quantitative estimate of drug-likeness (QED) is 0.487. The molecule has 0 aromatic carbocycles. The van der Waals surface area contributed by atoms with Crippen LogP contribution in [0.25, 0.3) is 10.2 Å². The average molecular weight is 558 g/mol. The molecule has 2 aromatic heterocycles. The minimum atomic E-state index is -4.85. The molecule has 0 spiro atoms. The van der Waals surface area contributed by atoms with Gasteiger partial charge in [-0.3, -0.25) is 9.53 Å². The molecule has 2 amide bonds. The number of likely N-dealkylation sites (tertiary alicyclic amines) is 1. The van der Waals surface area contributed by atoms with Gasteiger partial charge < -0.3 is 19.7 Å². The first kappa shape index (κ1) is 28.8. The second-order valence-electron chi connectivity index (χ2n) is 8.58. The molecule has 3 atom stereocenters. The first-order chi connectivity index (χ1) is 17.1. The lowest BCUT2D eigenvalue weighted by molar-refractivity contribution is -0.329. The number of hydrogen-bond acceptors (Lipinski definition) is 7. The third kappa shape index (κ3) is 6.74. The van der Waals surface area contributed by atoms with Crippen molar-refractivity contribution in [1.29, 1.82) is 0 Å². The number of hydrogen-bond donors (Lipinski definition) is 1. The van der Waals surface area contributed by atoms with Gasteiger partial charge in [0.1, 0.15) is 12.2 Å². The molecule has 3 heterocycles. The number of alkyl halides is 6. The Morgan fingerprint density at radius 3 is 2.51 bits per heavy atom. The van der Waals surface area contributed by atoms with E-state index in [1.54, 1.807) is 6.92 Å². The summed E-state index contributed by atoms with van der Waals surface area (Å²) in [6.07, 6.45) is -11.8. The number of nitrogens with one attached hydrogen (secondary N) is 1. The summed E-state index contributed by atoms with van der Waals surface area (Å²) >= 11 is 0.765. The molecule has 0 saturated carbocycles.